The Morgan fingerprint density at radius 2 is 1.05 bits per heavy atom. The lowest BCUT2D eigenvalue weighted by Gasteiger charge is -2.38. The molecule has 0 aliphatic heterocycles. The molecule has 1 atom stereocenters. The molecule has 3 aromatic rings. The summed E-state index contributed by atoms with van der Waals surface area (Å²) in [5, 5.41) is 0. The van der Waals surface area contributed by atoms with Gasteiger partial charge in [0.25, 0.3) is 0 Å². The van der Waals surface area contributed by atoms with Crippen LogP contribution in [0.1, 0.15) is 89.8 Å². The molecule has 0 saturated heterocycles. The van der Waals surface area contributed by atoms with Gasteiger partial charge in [-0.15, -0.1) is 0 Å². The molecule has 0 heterocycles. The van der Waals surface area contributed by atoms with Crippen LogP contribution in [-0.4, -0.2) is 6.10 Å². The Hall–Kier alpha value is -2.64. The third kappa shape index (κ3) is 8.44. The summed E-state index contributed by atoms with van der Waals surface area (Å²) in [5.41, 5.74) is 2.82. The van der Waals surface area contributed by atoms with Crippen molar-refractivity contribution < 1.29 is 4.74 Å². The lowest BCUT2D eigenvalue weighted by atomic mass is 9.79. The average molecular weight is 497 g/mol. The fraction of sp³-hybridized carbons (Fsp3) is 0.444. The zero-order valence-corrected chi connectivity index (χ0v) is 23.8. The van der Waals surface area contributed by atoms with Gasteiger partial charge in [-0.3, -0.25) is 0 Å². The molecule has 37 heavy (non-hydrogen) atoms. The Balaban J connectivity index is 2.10. The summed E-state index contributed by atoms with van der Waals surface area (Å²) >= 11 is 0. The van der Waals surface area contributed by atoms with Crippen molar-refractivity contribution in [1.29, 1.82) is 0 Å². The molecule has 0 saturated carbocycles. The highest BCUT2D eigenvalue weighted by Crippen LogP contribution is 2.42. The van der Waals surface area contributed by atoms with E-state index in [-0.39, 0.29) is 6.10 Å². The highest BCUT2D eigenvalue weighted by atomic mass is 16.5. The Morgan fingerprint density at radius 1 is 0.622 bits per heavy atom. The van der Waals surface area contributed by atoms with E-state index >= 15 is 0 Å². The number of hydrogen-bond acceptors (Lipinski definition) is 1. The molecule has 0 spiro atoms. The van der Waals surface area contributed by atoms with E-state index < -0.39 is 5.60 Å². The maximum atomic E-state index is 7.42. The van der Waals surface area contributed by atoms with E-state index in [1.165, 1.54) is 48.8 Å². The van der Waals surface area contributed by atoms with Crippen molar-refractivity contribution in [3.05, 3.63) is 120 Å². The van der Waals surface area contributed by atoms with Crippen molar-refractivity contribution in [2.24, 2.45) is 17.8 Å². The molecule has 1 heteroatoms. The second-order valence-corrected chi connectivity index (χ2v) is 11.3. The van der Waals surface area contributed by atoms with Crippen LogP contribution in [0, 0.1) is 17.8 Å². The lowest BCUT2D eigenvalue weighted by molar-refractivity contribution is -0.0288. The maximum Gasteiger partial charge on any atom is 0.144 e. The minimum atomic E-state index is -0.684. The number of allylic oxidation sites excluding steroid dienone is 1. The second-order valence-electron chi connectivity index (χ2n) is 11.3. The molecule has 3 rings (SSSR count). The summed E-state index contributed by atoms with van der Waals surface area (Å²) in [5.74, 6) is 1.95. The molecule has 3 aromatic carbocycles. The molecule has 0 radical (unpaired) electrons. The first-order chi connectivity index (χ1) is 18.0. The summed E-state index contributed by atoms with van der Waals surface area (Å²) in [6, 6.07) is 32.3. The Morgan fingerprint density at radius 3 is 1.43 bits per heavy atom. The molecule has 0 fully saturated rings. The number of unbranched alkanes of at least 4 members (excludes halogenated alkanes) is 2. The molecule has 0 aromatic heterocycles. The molecule has 198 valence electrons. The zero-order valence-electron chi connectivity index (χ0n) is 23.8. The van der Waals surface area contributed by atoms with Crippen molar-refractivity contribution in [2.75, 3.05) is 0 Å². The molecular formula is C36H48O. The van der Waals surface area contributed by atoms with E-state index in [2.05, 4.69) is 138 Å². The summed E-state index contributed by atoms with van der Waals surface area (Å²) in [6.45, 7) is 11.6. The van der Waals surface area contributed by atoms with Gasteiger partial charge in [0.1, 0.15) is 5.60 Å². The molecule has 0 aliphatic rings. The van der Waals surface area contributed by atoms with Gasteiger partial charge >= 0.3 is 0 Å². The van der Waals surface area contributed by atoms with E-state index in [0.717, 1.165) is 6.42 Å². The van der Waals surface area contributed by atoms with Crippen LogP contribution in [0.3, 0.4) is 0 Å². The predicted molar refractivity (Wildman–Crippen MR) is 160 cm³/mol. The number of rotatable bonds is 15. The highest BCUT2D eigenvalue weighted by molar-refractivity contribution is 5.47. The quantitative estimate of drug-likeness (QED) is 0.115. The van der Waals surface area contributed by atoms with Gasteiger partial charge in [-0.05, 0) is 53.7 Å². The van der Waals surface area contributed by atoms with Crippen molar-refractivity contribution in [2.45, 2.75) is 84.8 Å². The van der Waals surface area contributed by atoms with E-state index in [1.807, 2.05) is 0 Å². The molecule has 0 amide bonds. The lowest BCUT2D eigenvalue weighted by Crippen LogP contribution is -2.36. The van der Waals surface area contributed by atoms with Gasteiger partial charge in [-0.25, -0.2) is 0 Å². The van der Waals surface area contributed by atoms with Gasteiger partial charge in [-0.2, -0.15) is 0 Å². The first kappa shape index (κ1) is 28.9. The normalized spacial score (nSPS) is 13.2. The minimum Gasteiger partial charge on any atom is -0.354 e. The summed E-state index contributed by atoms with van der Waals surface area (Å²) in [4.78, 5) is 0. The van der Waals surface area contributed by atoms with E-state index in [1.54, 1.807) is 0 Å². The zero-order chi connectivity index (χ0) is 26.5. The van der Waals surface area contributed by atoms with Crippen molar-refractivity contribution in [1.82, 2.24) is 0 Å². The molecule has 1 unspecified atom stereocenters. The smallest absolute Gasteiger partial charge is 0.144 e. The van der Waals surface area contributed by atoms with Crippen molar-refractivity contribution >= 4 is 0 Å². The third-order valence-electron chi connectivity index (χ3n) is 7.11. The third-order valence-corrected chi connectivity index (χ3v) is 7.11. The number of hydrogen-bond donors (Lipinski definition) is 0. The van der Waals surface area contributed by atoms with Gasteiger partial charge in [0, 0.05) is 0 Å². The first-order valence-electron chi connectivity index (χ1n) is 14.5. The van der Waals surface area contributed by atoms with Crippen LogP contribution in [0.15, 0.2) is 103 Å². The van der Waals surface area contributed by atoms with Crippen molar-refractivity contribution in [3.63, 3.8) is 0 Å². The fourth-order valence-corrected chi connectivity index (χ4v) is 5.49. The van der Waals surface area contributed by atoms with Crippen molar-refractivity contribution in [3.8, 4) is 0 Å². The Kier molecular flexibility index (Phi) is 11.7. The van der Waals surface area contributed by atoms with Gasteiger partial charge in [0.05, 0.1) is 6.10 Å². The SMILES string of the molecule is CCCCCC(/C=C/C(CC(C)C)CC(C)C)OC(c1ccccc1)(c1ccccc1)c1ccccc1. The van der Waals surface area contributed by atoms with Crippen LogP contribution in [0.2, 0.25) is 0 Å². The molecule has 0 bridgehead atoms. The fourth-order valence-electron chi connectivity index (χ4n) is 5.49. The number of benzene rings is 3. The standard InChI is InChI=1S/C36H48O/c1-6-7-11-24-35(26-25-31(27-29(2)3)28-30(4)5)37-36(32-18-12-8-13-19-32,33-20-14-9-15-21-33)34-22-16-10-17-23-34/h8-10,12-23,25-26,29-31,35H,6-7,11,24,27-28H2,1-5H3/b26-25+. The maximum absolute atomic E-state index is 7.42. The summed E-state index contributed by atoms with van der Waals surface area (Å²) < 4.78 is 7.42. The van der Waals surface area contributed by atoms with Crippen LogP contribution in [0.5, 0.6) is 0 Å². The molecule has 0 N–H and O–H groups in total. The van der Waals surface area contributed by atoms with Crippen LogP contribution >= 0.6 is 0 Å². The average Bonchev–Trinajstić information content (AvgIpc) is 2.91. The van der Waals surface area contributed by atoms with Gasteiger partial charge in [0.15, 0.2) is 0 Å². The molecule has 1 nitrogen and oxygen atoms in total. The van der Waals surface area contributed by atoms with Gasteiger partial charge < -0.3 is 4.74 Å². The van der Waals surface area contributed by atoms with Gasteiger partial charge in [0.2, 0.25) is 0 Å². The van der Waals surface area contributed by atoms with E-state index in [0.29, 0.717) is 17.8 Å². The summed E-state index contributed by atoms with van der Waals surface area (Å²) in [6.07, 6.45) is 12.0. The van der Waals surface area contributed by atoms with Crippen LogP contribution in [0.25, 0.3) is 0 Å². The first-order valence-corrected chi connectivity index (χ1v) is 14.5. The van der Waals surface area contributed by atoms with E-state index in [9.17, 15) is 0 Å². The minimum absolute atomic E-state index is 0.0222. The van der Waals surface area contributed by atoms with Crippen LogP contribution in [-0.2, 0) is 10.3 Å². The number of ether oxygens (including phenoxy) is 1. The van der Waals surface area contributed by atoms with Gasteiger partial charge in [-0.1, -0.05) is 157 Å². The van der Waals surface area contributed by atoms with Crippen LogP contribution in [0.4, 0.5) is 0 Å². The Bertz CT molecular complexity index is 913. The topological polar surface area (TPSA) is 9.23 Å². The monoisotopic (exact) mass is 496 g/mol. The molecular weight excluding hydrogens is 448 g/mol. The highest BCUT2D eigenvalue weighted by Gasteiger charge is 2.39. The van der Waals surface area contributed by atoms with E-state index in [4.69, 9.17) is 4.74 Å². The predicted octanol–water partition coefficient (Wildman–Crippen LogP) is 10.2. The largest absolute Gasteiger partial charge is 0.354 e. The van der Waals surface area contributed by atoms with Crippen LogP contribution < -0.4 is 0 Å². The second kappa shape index (κ2) is 14.9. The summed E-state index contributed by atoms with van der Waals surface area (Å²) in [7, 11) is 0. The molecule has 0 aliphatic carbocycles. The Labute approximate surface area is 227 Å².